The Balaban J connectivity index is 2.03. The number of nitrogen functional groups attached to an aromatic ring is 2. The number of hydrogen-bond donors (Lipinski definition) is 3. The molecule has 1 saturated heterocycles. The van der Waals surface area contributed by atoms with Gasteiger partial charge in [0.25, 0.3) is 0 Å². The first-order chi connectivity index (χ1) is 8.58. The number of nitrogens with one attached hydrogen (secondary N) is 1. The maximum Gasteiger partial charge on any atom is 0.223 e. The monoisotopic (exact) mass is 251 g/mol. The Morgan fingerprint density at radius 1 is 1.56 bits per heavy atom. The van der Waals surface area contributed by atoms with E-state index in [1.807, 2.05) is 7.05 Å². The maximum absolute atomic E-state index is 5.65. The standard InChI is InChI=1S/C11H21N7/c1-17-4-3-8(6-17)7-18(2)10-5-9(16-13)14-11(12)15-10/h5,8H,3-4,6-7,13H2,1-2H3,(H3,12,14,15,16). The molecule has 1 aromatic rings. The van der Waals surface area contributed by atoms with E-state index < -0.39 is 0 Å². The van der Waals surface area contributed by atoms with E-state index >= 15 is 0 Å². The summed E-state index contributed by atoms with van der Waals surface area (Å²) in [6.07, 6.45) is 1.23. The first-order valence-electron chi connectivity index (χ1n) is 6.09. The summed E-state index contributed by atoms with van der Waals surface area (Å²) >= 11 is 0. The lowest BCUT2D eigenvalue weighted by molar-refractivity contribution is 0.395. The van der Waals surface area contributed by atoms with Crippen molar-refractivity contribution in [2.75, 3.05) is 49.8 Å². The molecule has 5 N–H and O–H groups in total. The molecule has 1 aliphatic heterocycles. The fraction of sp³-hybridized carbons (Fsp3) is 0.636. The van der Waals surface area contributed by atoms with E-state index in [9.17, 15) is 0 Å². The minimum absolute atomic E-state index is 0.232. The van der Waals surface area contributed by atoms with Crippen LogP contribution in [-0.4, -0.2) is 48.6 Å². The Morgan fingerprint density at radius 2 is 2.33 bits per heavy atom. The number of nitrogens with zero attached hydrogens (tertiary/aromatic N) is 4. The second-order valence-corrected chi connectivity index (χ2v) is 4.91. The van der Waals surface area contributed by atoms with Crippen molar-refractivity contribution in [1.82, 2.24) is 14.9 Å². The molecule has 7 nitrogen and oxygen atoms in total. The summed E-state index contributed by atoms with van der Waals surface area (Å²) in [5, 5.41) is 0. The molecule has 0 spiro atoms. The van der Waals surface area contributed by atoms with E-state index in [0.717, 1.165) is 18.9 Å². The van der Waals surface area contributed by atoms with Crippen molar-refractivity contribution in [2.24, 2.45) is 11.8 Å². The van der Waals surface area contributed by atoms with Gasteiger partial charge in [-0.2, -0.15) is 9.97 Å². The summed E-state index contributed by atoms with van der Waals surface area (Å²) in [6, 6.07) is 1.80. The number of likely N-dealkylation sites (tertiary alicyclic amines) is 1. The van der Waals surface area contributed by atoms with Crippen LogP contribution in [0.2, 0.25) is 0 Å². The smallest absolute Gasteiger partial charge is 0.223 e. The minimum atomic E-state index is 0.232. The van der Waals surface area contributed by atoms with E-state index in [-0.39, 0.29) is 5.95 Å². The molecule has 1 unspecified atom stereocenters. The number of hydrazine groups is 1. The van der Waals surface area contributed by atoms with Gasteiger partial charge in [0.1, 0.15) is 11.6 Å². The third-order valence-electron chi connectivity index (χ3n) is 3.29. The number of anilines is 3. The van der Waals surface area contributed by atoms with Gasteiger partial charge in [-0.3, -0.25) is 0 Å². The minimum Gasteiger partial charge on any atom is -0.368 e. The van der Waals surface area contributed by atoms with Crippen molar-refractivity contribution in [3.8, 4) is 0 Å². The molecule has 0 aliphatic carbocycles. The third-order valence-corrected chi connectivity index (χ3v) is 3.29. The lowest BCUT2D eigenvalue weighted by atomic mass is 10.1. The molecule has 1 aromatic heterocycles. The Labute approximate surface area is 107 Å². The maximum atomic E-state index is 5.65. The number of nitrogens with two attached hydrogens (primary N) is 2. The molecule has 0 radical (unpaired) electrons. The first kappa shape index (κ1) is 12.8. The summed E-state index contributed by atoms with van der Waals surface area (Å²) in [7, 11) is 4.17. The first-order valence-corrected chi connectivity index (χ1v) is 6.09. The van der Waals surface area contributed by atoms with Crippen LogP contribution in [0.15, 0.2) is 6.07 Å². The van der Waals surface area contributed by atoms with Crippen LogP contribution < -0.4 is 21.9 Å². The Kier molecular flexibility index (Phi) is 3.83. The highest BCUT2D eigenvalue weighted by Crippen LogP contribution is 2.20. The lowest BCUT2D eigenvalue weighted by Crippen LogP contribution is -2.28. The Morgan fingerprint density at radius 3 is 2.94 bits per heavy atom. The molecule has 0 amide bonds. The van der Waals surface area contributed by atoms with Crippen molar-refractivity contribution >= 4 is 17.6 Å². The average Bonchev–Trinajstić information content (AvgIpc) is 2.73. The van der Waals surface area contributed by atoms with Gasteiger partial charge in [0.2, 0.25) is 5.95 Å². The zero-order valence-electron chi connectivity index (χ0n) is 10.9. The highest BCUT2D eigenvalue weighted by molar-refractivity contribution is 5.51. The highest BCUT2D eigenvalue weighted by atomic mass is 15.3. The molecule has 0 saturated carbocycles. The summed E-state index contributed by atoms with van der Waals surface area (Å²) < 4.78 is 0. The van der Waals surface area contributed by atoms with Crippen molar-refractivity contribution in [3.63, 3.8) is 0 Å². The highest BCUT2D eigenvalue weighted by Gasteiger charge is 2.21. The molecule has 2 rings (SSSR count). The molecule has 7 heteroatoms. The van der Waals surface area contributed by atoms with Crippen LogP contribution in [0.4, 0.5) is 17.6 Å². The van der Waals surface area contributed by atoms with Crippen molar-refractivity contribution in [1.29, 1.82) is 0 Å². The molecular weight excluding hydrogens is 230 g/mol. The van der Waals surface area contributed by atoms with Crippen molar-refractivity contribution < 1.29 is 0 Å². The number of hydrogen-bond acceptors (Lipinski definition) is 7. The number of aromatic nitrogens is 2. The zero-order chi connectivity index (χ0) is 13.1. The molecule has 2 heterocycles. The predicted molar refractivity (Wildman–Crippen MR) is 73.1 cm³/mol. The van der Waals surface area contributed by atoms with Crippen LogP contribution in [-0.2, 0) is 0 Å². The molecule has 18 heavy (non-hydrogen) atoms. The summed E-state index contributed by atoms with van der Waals surface area (Å²) in [5.74, 6) is 7.58. The summed E-state index contributed by atoms with van der Waals surface area (Å²) in [4.78, 5) is 12.6. The van der Waals surface area contributed by atoms with Gasteiger partial charge in [-0.25, -0.2) is 5.84 Å². The Bertz CT molecular complexity index is 408. The van der Waals surface area contributed by atoms with Gasteiger partial charge >= 0.3 is 0 Å². The van der Waals surface area contributed by atoms with Crippen LogP contribution in [0.5, 0.6) is 0 Å². The third kappa shape index (κ3) is 2.99. The molecule has 1 fully saturated rings. The van der Waals surface area contributed by atoms with E-state index in [2.05, 4.69) is 32.2 Å². The summed E-state index contributed by atoms with van der Waals surface area (Å²) in [5.41, 5.74) is 8.15. The van der Waals surface area contributed by atoms with Crippen LogP contribution in [0.1, 0.15) is 6.42 Å². The lowest BCUT2D eigenvalue weighted by Gasteiger charge is -2.22. The fourth-order valence-electron chi connectivity index (χ4n) is 2.38. The molecule has 1 atom stereocenters. The van der Waals surface area contributed by atoms with Crippen LogP contribution in [0.25, 0.3) is 0 Å². The summed E-state index contributed by atoms with van der Waals surface area (Å²) in [6.45, 7) is 3.26. The predicted octanol–water partition coefficient (Wildman–Crippen LogP) is -0.268. The average molecular weight is 251 g/mol. The van der Waals surface area contributed by atoms with Crippen molar-refractivity contribution in [3.05, 3.63) is 6.07 Å². The van der Waals surface area contributed by atoms with Gasteiger partial charge in [0, 0.05) is 26.2 Å². The molecular formula is C11H21N7. The van der Waals surface area contributed by atoms with Gasteiger partial charge < -0.3 is 21.0 Å². The van der Waals surface area contributed by atoms with Crippen LogP contribution in [0.3, 0.4) is 0 Å². The van der Waals surface area contributed by atoms with E-state index in [1.165, 1.54) is 13.0 Å². The van der Waals surface area contributed by atoms with Gasteiger partial charge in [-0.05, 0) is 25.9 Å². The zero-order valence-corrected chi connectivity index (χ0v) is 10.9. The second kappa shape index (κ2) is 5.36. The molecule has 1 aliphatic rings. The molecule has 0 bridgehead atoms. The second-order valence-electron chi connectivity index (χ2n) is 4.91. The van der Waals surface area contributed by atoms with Gasteiger partial charge in [0.15, 0.2) is 0 Å². The van der Waals surface area contributed by atoms with Gasteiger partial charge in [0.05, 0.1) is 0 Å². The van der Waals surface area contributed by atoms with E-state index in [0.29, 0.717) is 11.7 Å². The van der Waals surface area contributed by atoms with Gasteiger partial charge in [-0.15, -0.1) is 0 Å². The van der Waals surface area contributed by atoms with Crippen LogP contribution >= 0.6 is 0 Å². The molecule has 0 aromatic carbocycles. The molecule has 100 valence electrons. The fourth-order valence-corrected chi connectivity index (χ4v) is 2.38. The quantitative estimate of drug-likeness (QED) is 0.501. The van der Waals surface area contributed by atoms with Crippen molar-refractivity contribution in [2.45, 2.75) is 6.42 Å². The largest absolute Gasteiger partial charge is 0.368 e. The topological polar surface area (TPSA) is 96.3 Å². The van der Waals surface area contributed by atoms with Crippen LogP contribution in [0, 0.1) is 5.92 Å². The van der Waals surface area contributed by atoms with Gasteiger partial charge in [-0.1, -0.05) is 0 Å². The Hall–Kier alpha value is -1.60. The normalized spacial score (nSPS) is 20.1. The number of rotatable bonds is 4. The van der Waals surface area contributed by atoms with E-state index in [4.69, 9.17) is 11.6 Å². The SMILES string of the molecule is CN1CCC(CN(C)c2cc(NN)nc(N)n2)C1. The van der Waals surface area contributed by atoms with E-state index in [1.54, 1.807) is 6.07 Å².